The molecule has 184 valence electrons. The van der Waals surface area contributed by atoms with Crippen LogP contribution in [0.25, 0.3) is 22.7 Å². The number of methoxy groups -OCH3 is 1. The summed E-state index contributed by atoms with van der Waals surface area (Å²) in [4.78, 5) is 33.0. The van der Waals surface area contributed by atoms with E-state index in [0.29, 0.717) is 55.4 Å². The molecule has 5 rings (SSSR count). The normalized spacial score (nSPS) is 14.0. The number of carboxylic acid groups (broad SMARTS) is 1. The Morgan fingerprint density at radius 1 is 1.08 bits per heavy atom. The van der Waals surface area contributed by atoms with Crippen LogP contribution in [0.4, 0.5) is 17.6 Å². The van der Waals surface area contributed by atoms with Gasteiger partial charge in [0.2, 0.25) is 11.9 Å². The van der Waals surface area contributed by atoms with E-state index >= 15 is 0 Å². The van der Waals surface area contributed by atoms with Crippen molar-refractivity contribution in [3.05, 3.63) is 61.1 Å². The van der Waals surface area contributed by atoms with Gasteiger partial charge in [0.1, 0.15) is 5.75 Å². The molecule has 0 saturated carbocycles. The highest BCUT2D eigenvalue weighted by Gasteiger charge is 2.22. The summed E-state index contributed by atoms with van der Waals surface area (Å²) in [5, 5.41) is 12.4. The first kappa shape index (κ1) is 23.2. The van der Waals surface area contributed by atoms with E-state index in [1.165, 1.54) is 6.39 Å². The van der Waals surface area contributed by atoms with E-state index in [2.05, 4.69) is 20.3 Å². The van der Waals surface area contributed by atoms with Crippen molar-refractivity contribution in [1.29, 1.82) is 0 Å². The van der Waals surface area contributed by atoms with E-state index in [9.17, 15) is 4.79 Å². The van der Waals surface area contributed by atoms with Gasteiger partial charge >= 0.3 is 5.97 Å². The van der Waals surface area contributed by atoms with Gasteiger partial charge in [-0.1, -0.05) is 30.3 Å². The first-order valence-electron chi connectivity index (χ1n) is 11.4. The smallest absolute Gasteiger partial charge is 0.317 e. The van der Waals surface area contributed by atoms with Crippen molar-refractivity contribution in [2.45, 2.75) is 0 Å². The maximum absolute atomic E-state index is 11.1. The highest BCUT2D eigenvalue weighted by molar-refractivity contribution is 5.71. The predicted octanol–water partition coefficient (Wildman–Crippen LogP) is 3.15. The van der Waals surface area contributed by atoms with Gasteiger partial charge in [0, 0.05) is 43.5 Å². The quantitative estimate of drug-likeness (QED) is 0.380. The van der Waals surface area contributed by atoms with Gasteiger partial charge in [-0.25, -0.2) is 4.98 Å². The van der Waals surface area contributed by atoms with Crippen molar-refractivity contribution >= 4 is 23.6 Å². The SMILES string of the molecule is COc1cc(Nc2nc(-c3ccccc3)nc(N3CCN(CC(=O)O)CC3)n2)ccc1-c1cnco1. The molecule has 2 aromatic heterocycles. The lowest BCUT2D eigenvalue weighted by molar-refractivity contribution is -0.138. The monoisotopic (exact) mass is 487 g/mol. The van der Waals surface area contributed by atoms with Gasteiger partial charge in [-0.15, -0.1) is 0 Å². The number of benzene rings is 2. The summed E-state index contributed by atoms with van der Waals surface area (Å²) < 4.78 is 11.0. The van der Waals surface area contributed by atoms with Crippen LogP contribution in [0, 0.1) is 0 Å². The number of carboxylic acids is 1. The van der Waals surface area contributed by atoms with E-state index in [1.54, 1.807) is 13.3 Å². The fourth-order valence-electron chi connectivity index (χ4n) is 4.03. The molecule has 0 spiro atoms. The molecule has 0 atom stereocenters. The number of rotatable bonds is 8. The molecule has 4 aromatic rings. The Hall–Kier alpha value is -4.51. The van der Waals surface area contributed by atoms with E-state index in [0.717, 1.165) is 16.8 Å². The van der Waals surface area contributed by atoms with Crippen LogP contribution in [0.1, 0.15) is 0 Å². The minimum absolute atomic E-state index is 0.0268. The second kappa shape index (κ2) is 10.4. The fourth-order valence-corrected chi connectivity index (χ4v) is 4.03. The molecule has 2 N–H and O–H groups in total. The summed E-state index contributed by atoms with van der Waals surface area (Å²) in [6.07, 6.45) is 3.01. The van der Waals surface area contributed by atoms with Crippen LogP contribution in [0.2, 0.25) is 0 Å². The number of hydrogen-bond acceptors (Lipinski definition) is 10. The lowest BCUT2D eigenvalue weighted by Gasteiger charge is -2.33. The predicted molar refractivity (Wildman–Crippen MR) is 133 cm³/mol. The van der Waals surface area contributed by atoms with Gasteiger partial charge in [-0.3, -0.25) is 9.69 Å². The summed E-state index contributed by atoms with van der Waals surface area (Å²) in [6, 6.07) is 15.3. The number of anilines is 3. The van der Waals surface area contributed by atoms with Crippen molar-refractivity contribution in [3.8, 4) is 28.5 Å². The van der Waals surface area contributed by atoms with Crippen LogP contribution in [0.3, 0.4) is 0 Å². The topological polar surface area (TPSA) is 130 Å². The molecule has 0 amide bonds. The number of piperazine rings is 1. The number of ether oxygens (including phenoxy) is 1. The van der Waals surface area contributed by atoms with E-state index in [4.69, 9.17) is 19.2 Å². The first-order valence-corrected chi connectivity index (χ1v) is 11.4. The van der Waals surface area contributed by atoms with Gasteiger partial charge in [-0.2, -0.15) is 15.0 Å². The molecular weight excluding hydrogens is 462 g/mol. The Bertz CT molecular complexity index is 1320. The lowest BCUT2D eigenvalue weighted by atomic mass is 10.1. The zero-order chi connectivity index (χ0) is 24.9. The molecule has 1 fully saturated rings. The minimum Gasteiger partial charge on any atom is -0.496 e. The van der Waals surface area contributed by atoms with Crippen molar-refractivity contribution in [3.63, 3.8) is 0 Å². The lowest BCUT2D eigenvalue weighted by Crippen LogP contribution is -2.48. The van der Waals surface area contributed by atoms with Gasteiger partial charge in [-0.05, 0) is 12.1 Å². The van der Waals surface area contributed by atoms with E-state index in [-0.39, 0.29) is 6.54 Å². The van der Waals surface area contributed by atoms with Crippen molar-refractivity contribution in [2.24, 2.45) is 0 Å². The molecule has 1 aliphatic heterocycles. The Kier molecular flexibility index (Phi) is 6.72. The van der Waals surface area contributed by atoms with Gasteiger partial charge in [0.15, 0.2) is 18.0 Å². The molecule has 0 aliphatic carbocycles. The number of hydrogen-bond donors (Lipinski definition) is 2. The van der Waals surface area contributed by atoms with Crippen molar-refractivity contribution in [2.75, 3.05) is 50.1 Å². The molecule has 0 radical (unpaired) electrons. The molecule has 36 heavy (non-hydrogen) atoms. The average molecular weight is 488 g/mol. The third-order valence-corrected chi connectivity index (χ3v) is 5.83. The van der Waals surface area contributed by atoms with Crippen LogP contribution in [-0.2, 0) is 4.79 Å². The second-order valence-electron chi connectivity index (χ2n) is 8.21. The Morgan fingerprint density at radius 3 is 2.58 bits per heavy atom. The summed E-state index contributed by atoms with van der Waals surface area (Å²) in [5.41, 5.74) is 2.38. The fraction of sp³-hybridized carbons (Fsp3) is 0.240. The van der Waals surface area contributed by atoms with Crippen molar-refractivity contribution in [1.82, 2.24) is 24.8 Å². The van der Waals surface area contributed by atoms with Gasteiger partial charge in [0.05, 0.1) is 25.4 Å². The third kappa shape index (κ3) is 5.26. The Balaban J connectivity index is 1.44. The highest BCUT2D eigenvalue weighted by atomic mass is 16.5. The molecule has 1 aliphatic rings. The summed E-state index contributed by atoms with van der Waals surface area (Å²) in [7, 11) is 1.59. The molecule has 11 nitrogen and oxygen atoms in total. The molecule has 2 aromatic carbocycles. The van der Waals surface area contributed by atoms with E-state index < -0.39 is 5.97 Å². The summed E-state index contributed by atoms with van der Waals surface area (Å²) in [6.45, 7) is 2.48. The number of carbonyl (C=O) groups is 1. The van der Waals surface area contributed by atoms with E-state index in [1.807, 2.05) is 58.3 Å². The third-order valence-electron chi connectivity index (χ3n) is 5.83. The van der Waals surface area contributed by atoms with Crippen LogP contribution in [0.15, 0.2) is 65.5 Å². The molecule has 11 heteroatoms. The zero-order valence-corrected chi connectivity index (χ0v) is 19.7. The molecule has 0 bridgehead atoms. The number of oxazole rings is 1. The van der Waals surface area contributed by atoms with Crippen LogP contribution >= 0.6 is 0 Å². The second-order valence-corrected chi connectivity index (χ2v) is 8.21. The molecule has 3 heterocycles. The number of nitrogens with zero attached hydrogens (tertiary/aromatic N) is 6. The van der Waals surface area contributed by atoms with Crippen LogP contribution < -0.4 is 15.0 Å². The first-order chi connectivity index (χ1) is 17.6. The maximum atomic E-state index is 11.1. The zero-order valence-electron chi connectivity index (χ0n) is 19.7. The Labute approximate surface area is 207 Å². The number of aromatic nitrogens is 4. The highest BCUT2D eigenvalue weighted by Crippen LogP contribution is 2.33. The van der Waals surface area contributed by atoms with Gasteiger partial charge in [0.25, 0.3) is 0 Å². The summed E-state index contributed by atoms with van der Waals surface area (Å²) >= 11 is 0. The summed E-state index contributed by atoms with van der Waals surface area (Å²) in [5.74, 6) is 1.86. The number of nitrogens with one attached hydrogen (secondary N) is 1. The molecule has 1 saturated heterocycles. The minimum atomic E-state index is -0.828. The molecular formula is C25H25N7O4. The standard InChI is InChI=1S/C25H25N7O4/c1-35-20-13-18(7-8-19(20)21-14-26-16-36-21)27-24-28-23(17-5-3-2-4-6-17)29-25(30-24)32-11-9-31(10-12-32)15-22(33)34/h2-8,13-14,16H,9-12,15H2,1H3,(H,33,34)(H,27,28,29,30). The van der Waals surface area contributed by atoms with Crippen LogP contribution in [-0.4, -0.2) is 75.7 Å². The van der Waals surface area contributed by atoms with Crippen molar-refractivity contribution < 1.29 is 19.1 Å². The van der Waals surface area contributed by atoms with Crippen LogP contribution in [0.5, 0.6) is 5.75 Å². The van der Waals surface area contributed by atoms with Gasteiger partial charge < -0.3 is 24.5 Å². The average Bonchev–Trinajstić information content (AvgIpc) is 3.44. The molecule has 0 unspecified atom stereocenters. The number of aliphatic carboxylic acids is 1. The Morgan fingerprint density at radius 2 is 1.89 bits per heavy atom. The maximum Gasteiger partial charge on any atom is 0.317 e. The largest absolute Gasteiger partial charge is 0.496 e.